The Morgan fingerprint density at radius 2 is 2.08 bits per heavy atom. The molecule has 1 atom stereocenters. The SMILES string of the molecule is CN1CCN(C(C=O)N=C=S)CC1. The fraction of sp³-hybridized carbons (Fsp3) is 0.750. The van der Waals surface area contributed by atoms with Crippen LogP contribution in [0.15, 0.2) is 4.99 Å². The van der Waals surface area contributed by atoms with E-state index in [0.717, 1.165) is 32.5 Å². The van der Waals surface area contributed by atoms with Gasteiger partial charge in [0.05, 0.1) is 5.16 Å². The van der Waals surface area contributed by atoms with E-state index in [9.17, 15) is 4.79 Å². The molecular weight excluding hydrogens is 186 g/mol. The summed E-state index contributed by atoms with van der Waals surface area (Å²) in [4.78, 5) is 18.7. The van der Waals surface area contributed by atoms with E-state index in [0.29, 0.717) is 0 Å². The number of hydrogen-bond donors (Lipinski definition) is 0. The molecule has 0 aromatic rings. The molecule has 1 rings (SSSR count). The Kier molecular flexibility index (Phi) is 4.18. The summed E-state index contributed by atoms with van der Waals surface area (Å²) in [6.07, 6.45) is 0.385. The molecular formula is C8H13N3OS. The first-order valence-electron chi connectivity index (χ1n) is 4.23. The first kappa shape index (κ1) is 10.5. The van der Waals surface area contributed by atoms with Crippen molar-refractivity contribution in [2.24, 2.45) is 4.99 Å². The maximum atomic E-state index is 10.6. The molecule has 0 radical (unpaired) electrons. The molecule has 0 spiro atoms. The third-order valence-electron chi connectivity index (χ3n) is 2.22. The number of aldehydes is 1. The molecule has 0 N–H and O–H groups in total. The Hall–Kier alpha value is -0.610. The summed E-state index contributed by atoms with van der Waals surface area (Å²) in [7, 11) is 2.07. The van der Waals surface area contributed by atoms with Crippen molar-refractivity contribution in [3.05, 3.63) is 0 Å². The van der Waals surface area contributed by atoms with Gasteiger partial charge in [-0.05, 0) is 19.3 Å². The molecule has 1 saturated heterocycles. The maximum Gasteiger partial charge on any atom is 0.168 e. The van der Waals surface area contributed by atoms with Gasteiger partial charge in [0.25, 0.3) is 0 Å². The monoisotopic (exact) mass is 199 g/mol. The summed E-state index contributed by atoms with van der Waals surface area (Å²) in [5, 5.41) is 2.25. The number of aliphatic imine (C=N–C) groups is 1. The van der Waals surface area contributed by atoms with Gasteiger partial charge in [0, 0.05) is 26.2 Å². The number of nitrogens with zero attached hydrogens (tertiary/aromatic N) is 3. The van der Waals surface area contributed by atoms with Gasteiger partial charge in [0.1, 0.15) is 0 Å². The van der Waals surface area contributed by atoms with E-state index in [-0.39, 0.29) is 0 Å². The molecule has 0 saturated carbocycles. The van der Waals surface area contributed by atoms with Crippen LogP contribution in [0, 0.1) is 0 Å². The summed E-state index contributed by atoms with van der Waals surface area (Å²) in [5.74, 6) is 0. The number of isothiocyanates is 1. The molecule has 1 aliphatic heterocycles. The van der Waals surface area contributed by atoms with Crippen molar-refractivity contribution < 1.29 is 4.79 Å². The van der Waals surface area contributed by atoms with Gasteiger partial charge in [-0.25, -0.2) is 4.99 Å². The fourth-order valence-corrected chi connectivity index (χ4v) is 1.45. The largest absolute Gasteiger partial charge is 0.304 e. The predicted molar refractivity (Wildman–Crippen MR) is 53.9 cm³/mol. The van der Waals surface area contributed by atoms with Gasteiger partial charge in [-0.3, -0.25) is 9.69 Å². The van der Waals surface area contributed by atoms with E-state index in [1.54, 1.807) is 0 Å². The van der Waals surface area contributed by atoms with Gasteiger partial charge < -0.3 is 4.90 Å². The van der Waals surface area contributed by atoms with Crippen LogP contribution >= 0.6 is 12.2 Å². The summed E-state index contributed by atoms with van der Waals surface area (Å²) < 4.78 is 0. The van der Waals surface area contributed by atoms with Crippen molar-refractivity contribution in [3.8, 4) is 0 Å². The second-order valence-corrected chi connectivity index (χ2v) is 3.29. The van der Waals surface area contributed by atoms with Gasteiger partial charge >= 0.3 is 0 Å². The van der Waals surface area contributed by atoms with Crippen molar-refractivity contribution in [1.29, 1.82) is 0 Å². The molecule has 13 heavy (non-hydrogen) atoms. The van der Waals surface area contributed by atoms with E-state index in [4.69, 9.17) is 0 Å². The Labute approximate surface area is 83.2 Å². The van der Waals surface area contributed by atoms with Crippen LogP contribution in [0.4, 0.5) is 0 Å². The minimum absolute atomic E-state index is 0.425. The van der Waals surface area contributed by atoms with E-state index < -0.39 is 6.17 Å². The lowest BCUT2D eigenvalue weighted by Gasteiger charge is -2.33. The fourth-order valence-electron chi connectivity index (χ4n) is 1.34. The lowest BCUT2D eigenvalue weighted by molar-refractivity contribution is -0.112. The van der Waals surface area contributed by atoms with Crippen LogP contribution < -0.4 is 0 Å². The topological polar surface area (TPSA) is 35.9 Å². The highest BCUT2D eigenvalue weighted by Gasteiger charge is 2.20. The number of carbonyl (C=O) groups is 1. The van der Waals surface area contributed by atoms with E-state index in [1.807, 2.05) is 4.90 Å². The molecule has 0 amide bonds. The highest BCUT2D eigenvalue weighted by atomic mass is 32.1. The van der Waals surface area contributed by atoms with Crippen LogP contribution in [0.25, 0.3) is 0 Å². The average Bonchev–Trinajstić information content (AvgIpc) is 2.16. The third-order valence-corrected chi connectivity index (χ3v) is 2.32. The highest BCUT2D eigenvalue weighted by molar-refractivity contribution is 7.78. The smallest absolute Gasteiger partial charge is 0.168 e. The first-order valence-corrected chi connectivity index (χ1v) is 4.63. The standard InChI is InChI=1S/C8H13N3OS/c1-10-2-4-11(5-3-10)8(6-12)9-7-13/h6,8H,2-5H2,1H3. The number of carbonyl (C=O) groups excluding carboxylic acids is 1. The van der Waals surface area contributed by atoms with Crippen molar-refractivity contribution in [3.63, 3.8) is 0 Å². The van der Waals surface area contributed by atoms with Gasteiger partial charge in [-0.15, -0.1) is 0 Å². The lowest BCUT2D eigenvalue weighted by Crippen LogP contribution is -2.48. The summed E-state index contributed by atoms with van der Waals surface area (Å²) in [6, 6.07) is 0. The molecule has 4 nitrogen and oxygen atoms in total. The number of hydrogen-bond acceptors (Lipinski definition) is 5. The molecule has 1 unspecified atom stereocenters. The Morgan fingerprint density at radius 3 is 2.54 bits per heavy atom. The van der Waals surface area contributed by atoms with Gasteiger partial charge in [0.15, 0.2) is 12.5 Å². The van der Waals surface area contributed by atoms with Crippen molar-refractivity contribution in [2.75, 3.05) is 33.2 Å². The zero-order chi connectivity index (χ0) is 9.68. The molecule has 72 valence electrons. The number of thiocarbonyl (C=S) groups is 1. The Bertz CT molecular complexity index is 219. The zero-order valence-corrected chi connectivity index (χ0v) is 8.46. The van der Waals surface area contributed by atoms with Crippen molar-refractivity contribution in [2.45, 2.75) is 6.17 Å². The minimum Gasteiger partial charge on any atom is -0.304 e. The van der Waals surface area contributed by atoms with Crippen LogP contribution in [0.3, 0.4) is 0 Å². The summed E-state index contributed by atoms with van der Waals surface area (Å²) in [6.45, 7) is 3.66. The lowest BCUT2D eigenvalue weighted by atomic mass is 10.3. The minimum atomic E-state index is -0.425. The van der Waals surface area contributed by atoms with Gasteiger partial charge in [-0.2, -0.15) is 0 Å². The molecule has 0 aromatic heterocycles. The third kappa shape index (κ3) is 2.97. The maximum absolute atomic E-state index is 10.6. The molecule has 0 aromatic carbocycles. The number of rotatable bonds is 3. The molecule has 1 heterocycles. The van der Waals surface area contributed by atoms with Crippen LogP contribution in [0.2, 0.25) is 0 Å². The van der Waals surface area contributed by atoms with Crippen LogP contribution in [-0.4, -0.2) is 60.6 Å². The van der Waals surface area contributed by atoms with Crippen molar-refractivity contribution in [1.82, 2.24) is 9.80 Å². The second kappa shape index (κ2) is 5.19. The van der Waals surface area contributed by atoms with Crippen LogP contribution in [0.1, 0.15) is 0 Å². The molecule has 0 bridgehead atoms. The average molecular weight is 199 g/mol. The quantitative estimate of drug-likeness (QED) is 0.360. The summed E-state index contributed by atoms with van der Waals surface area (Å²) in [5.41, 5.74) is 0. The zero-order valence-electron chi connectivity index (χ0n) is 7.64. The van der Waals surface area contributed by atoms with E-state index >= 15 is 0 Å². The first-order chi connectivity index (χ1) is 6.27. The highest BCUT2D eigenvalue weighted by Crippen LogP contribution is 2.03. The number of likely N-dealkylation sites (N-methyl/N-ethyl adjacent to an activating group) is 1. The Morgan fingerprint density at radius 1 is 1.46 bits per heavy atom. The second-order valence-electron chi connectivity index (χ2n) is 3.11. The molecule has 0 aliphatic carbocycles. The van der Waals surface area contributed by atoms with Crippen LogP contribution in [0.5, 0.6) is 0 Å². The summed E-state index contributed by atoms with van der Waals surface area (Å²) >= 11 is 4.47. The van der Waals surface area contributed by atoms with E-state index in [2.05, 4.69) is 34.3 Å². The normalized spacial score (nSPS) is 21.9. The van der Waals surface area contributed by atoms with Gasteiger partial charge in [-0.1, -0.05) is 0 Å². The molecule has 1 fully saturated rings. The van der Waals surface area contributed by atoms with Crippen LogP contribution in [-0.2, 0) is 4.79 Å². The Balaban J connectivity index is 2.50. The molecule has 1 aliphatic rings. The van der Waals surface area contributed by atoms with Gasteiger partial charge in [0.2, 0.25) is 0 Å². The number of piperazine rings is 1. The van der Waals surface area contributed by atoms with E-state index in [1.165, 1.54) is 0 Å². The predicted octanol–water partition coefficient (Wildman–Crippen LogP) is -0.138. The van der Waals surface area contributed by atoms with Crippen molar-refractivity contribution >= 4 is 23.7 Å². The molecule has 5 heteroatoms.